The normalized spacial score (nSPS) is 10.8. The zero-order valence-corrected chi connectivity index (χ0v) is 16.5. The standard InChI is InChI=1S/C17H13Cl2N3O4S/c1-8-13-15(27-14(8)17(25)26-2)20-7-22(16(13)24)6-12(23)21-11-4-9(18)3-10(19)5-11/h3-5,7H,6H2,1-2H3,(H,21,23). The van der Waals surface area contributed by atoms with Crippen LogP contribution in [0, 0.1) is 6.92 Å². The molecule has 1 aromatic carbocycles. The van der Waals surface area contributed by atoms with E-state index >= 15 is 0 Å². The first-order valence-corrected chi connectivity index (χ1v) is 9.20. The first-order chi connectivity index (χ1) is 12.8. The molecule has 27 heavy (non-hydrogen) atoms. The minimum absolute atomic E-state index is 0.255. The highest BCUT2D eigenvalue weighted by Crippen LogP contribution is 2.27. The quantitative estimate of drug-likeness (QED) is 0.645. The van der Waals surface area contributed by atoms with E-state index in [-0.39, 0.29) is 6.54 Å². The molecule has 0 aliphatic rings. The third kappa shape index (κ3) is 3.97. The molecule has 0 aliphatic carbocycles. The van der Waals surface area contributed by atoms with Crippen LogP contribution in [0.4, 0.5) is 5.69 Å². The van der Waals surface area contributed by atoms with Crippen LogP contribution in [0.5, 0.6) is 0 Å². The Morgan fingerprint density at radius 3 is 2.56 bits per heavy atom. The smallest absolute Gasteiger partial charge is 0.348 e. The fraction of sp³-hybridized carbons (Fsp3) is 0.176. The van der Waals surface area contributed by atoms with Gasteiger partial charge in [-0.15, -0.1) is 11.3 Å². The number of benzene rings is 1. The summed E-state index contributed by atoms with van der Waals surface area (Å²) in [7, 11) is 1.27. The van der Waals surface area contributed by atoms with Crippen molar-refractivity contribution in [3.63, 3.8) is 0 Å². The Balaban J connectivity index is 1.89. The van der Waals surface area contributed by atoms with E-state index < -0.39 is 17.4 Å². The van der Waals surface area contributed by atoms with Crippen molar-refractivity contribution in [3.05, 3.63) is 55.4 Å². The molecule has 3 aromatic rings. The summed E-state index contributed by atoms with van der Waals surface area (Å²) in [5.41, 5.74) is 0.484. The van der Waals surface area contributed by atoms with Crippen molar-refractivity contribution in [2.45, 2.75) is 13.5 Å². The number of aryl methyl sites for hydroxylation is 1. The number of hydrogen-bond acceptors (Lipinski definition) is 6. The van der Waals surface area contributed by atoms with Crippen molar-refractivity contribution in [3.8, 4) is 0 Å². The lowest BCUT2D eigenvalue weighted by atomic mass is 10.2. The molecule has 0 saturated carbocycles. The number of methoxy groups -OCH3 is 1. The SMILES string of the molecule is COC(=O)c1sc2ncn(CC(=O)Nc3cc(Cl)cc(Cl)c3)c(=O)c2c1C. The Bertz CT molecular complexity index is 1100. The predicted molar refractivity (Wildman–Crippen MR) is 105 cm³/mol. The minimum Gasteiger partial charge on any atom is -0.465 e. The molecule has 0 bridgehead atoms. The van der Waals surface area contributed by atoms with Crippen LogP contribution in [0.1, 0.15) is 15.2 Å². The summed E-state index contributed by atoms with van der Waals surface area (Å²) in [6, 6.07) is 4.63. The number of hydrogen-bond donors (Lipinski definition) is 1. The van der Waals surface area contributed by atoms with E-state index in [2.05, 4.69) is 10.3 Å². The first-order valence-electron chi connectivity index (χ1n) is 7.63. The summed E-state index contributed by atoms with van der Waals surface area (Å²) in [5.74, 6) is -0.977. The first kappa shape index (κ1) is 19.3. The molecule has 1 amide bonds. The largest absolute Gasteiger partial charge is 0.465 e. The van der Waals surface area contributed by atoms with Gasteiger partial charge >= 0.3 is 5.97 Å². The van der Waals surface area contributed by atoms with Gasteiger partial charge in [-0.1, -0.05) is 23.2 Å². The van der Waals surface area contributed by atoms with Crippen molar-refractivity contribution in [1.29, 1.82) is 0 Å². The van der Waals surface area contributed by atoms with Gasteiger partial charge in [-0.3, -0.25) is 14.2 Å². The summed E-state index contributed by atoms with van der Waals surface area (Å²) in [6.45, 7) is 1.39. The Kier molecular flexibility index (Phi) is 5.50. The lowest BCUT2D eigenvalue weighted by Crippen LogP contribution is -2.27. The number of nitrogens with zero attached hydrogens (tertiary/aromatic N) is 2. The molecule has 0 unspecified atom stereocenters. The van der Waals surface area contributed by atoms with E-state index in [1.165, 1.54) is 18.0 Å². The second kappa shape index (κ2) is 7.67. The summed E-state index contributed by atoms with van der Waals surface area (Å²) >= 11 is 12.9. The van der Waals surface area contributed by atoms with E-state index in [4.69, 9.17) is 27.9 Å². The molecule has 1 N–H and O–H groups in total. The Morgan fingerprint density at radius 2 is 1.93 bits per heavy atom. The number of ether oxygens (including phenoxy) is 1. The maximum Gasteiger partial charge on any atom is 0.348 e. The number of rotatable bonds is 4. The maximum absolute atomic E-state index is 12.7. The molecular weight excluding hydrogens is 413 g/mol. The number of carbonyl (C=O) groups excluding carboxylic acids is 2. The number of nitrogens with one attached hydrogen (secondary N) is 1. The highest BCUT2D eigenvalue weighted by atomic mass is 35.5. The number of fused-ring (bicyclic) bond motifs is 1. The number of amides is 1. The van der Waals surface area contributed by atoms with Crippen LogP contribution in [0.15, 0.2) is 29.3 Å². The summed E-state index contributed by atoms with van der Waals surface area (Å²) < 4.78 is 5.89. The average molecular weight is 426 g/mol. The van der Waals surface area contributed by atoms with Crippen molar-refractivity contribution in [2.24, 2.45) is 0 Å². The van der Waals surface area contributed by atoms with E-state index in [0.29, 0.717) is 36.4 Å². The van der Waals surface area contributed by atoms with E-state index in [9.17, 15) is 14.4 Å². The van der Waals surface area contributed by atoms with Gasteiger partial charge in [-0.2, -0.15) is 0 Å². The predicted octanol–water partition coefficient (Wildman–Crippen LogP) is 3.50. The zero-order valence-electron chi connectivity index (χ0n) is 14.2. The molecule has 0 atom stereocenters. The highest BCUT2D eigenvalue weighted by Gasteiger charge is 2.20. The number of esters is 1. The van der Waals surface area contributed by atoms with Crippen LogP contribution in [-0.2, 0) is 16.1 Å². The molecule has 0 saturated heterocycles. The number of halogens is 2. The molecule has 3 rings (SSSR count). The molecule has 0 fully saturated rings. The molecule has 0 aliphatic heterocycles. The minimum atomic E-state index is -0.531. The molecule has 2 heterocycles. The van der Waals surface area contributed by atoms with E-state index in [1.54, 1.807) is 25.1 Å². The number of aromatic nitrogens is 2. The van der Waals surface area contributed by atoms with Crippen molar-refractivity contribution < 1.29 is 14.3 Å². The Morgan fingerprint density at radius 1 is 1.26 bits per heavy atom. The molecule has 7 nitrogen and oxygen atoms in total. The molecule has 140 valence electrons. The van der Waals surface area contributed by atoms with E-state index in [0.717, 1.165) is 11.3 Å². The molecular formula is C17H13Cl2N3O4S. The Labute approximate surface area is 167 Å². The number of anilines is 1. The van der Waals surface area contributed by atoms with Gasteiger partial charge in [-0.25, -0.2) is 9.78 Å². The zero-order chi connectivity index (χ0) is 19.7. The summed E-state index contributed by atoms with van der Waals surface area (Å²) in [5, 5.41) is 3.67. The molecule has 0 radical (unpaired) electrons. The lowest BCUT2D eigenvalue weighted by Gasteiger charge is -2.08. The number of thiophene rings is 1. The van der Waals surface area contributed by atoms with Gasteiger partial charge < -0.3 is 10.1 Å². The highest BCUT2D eigenvalue weighted by molar-refractivity contribution is 7.20. The molecule has 0 spiro atoms. The maximum atomic E-state index is 12.7. The Hall–Kier alpha value is -2.42. The average Bonchev–Trinajstić information content (AvgIpc) is 2.93. The van der Waals surface area contributed by atoms with Crippen LogP contribution >= 0.6 is 34.5 Å². The summed E-state index contributed by atoms with van der Waals surface area (Å²) in [4.78, 5) is 41.7. The second-order valence-electron chi connectivity index (χ2n) is 5.61. The van der Waals surface area contributed by atoms with Gasteiger partial charge in [-0.05, 0) is 30.7 Å². The van der Waals surface area contributed by atoms with Gasteiger partial charge in [0, 0.05) is 15.7 Å². The van der Waals surface area contributed by atoms with Gasteiger partial charge in [0.05, 0.1) is 18.8 Å². The monoisotopic (exact) mass is 425 g/mol. The van der Waals surface area contributed by atoms with Crippen LogP contribution in [0.25, 0.3) is 10.2 Å². The third-order valence-corrected chi connectivity index (χ3v) is 5.36. The van der Waals surface area contributed by atoms with Crippen LogP contribution in [0.2, 0.25) is 10.0 Å². The molecule has 10 heteroatoms. The lowest BCUT2D eigenvalue weighted by molar-refractivity contribution is -0.116. The topological polar surface area (TPSA) is 90.3 Å². The number of carbonyl (C=O) groups is 2. The van der Waals surface area contributed by atoms with Gasteiger partial charge in [0.25, 0.3) is 5.56 Å². The van der Waals surface area contributed by atoms with E-state index in [1.807, 2.05) is 0 Å². The van der Waals surface area contributed by atoms with Gasteiger partial charge in [0.15, 0.2) is 0 Å². The summed E-state index contributed by atoms with van der Waals surface area (Å²) in [6.07, 6.45) is 1.27. The van der Waals surface area contributed by atoms with Crippen LogP contribution in [-0.4, -0.2) is 28.5 Å². The second-order valence-corrected chi connectivity index (χ2v) is 7.48. The van der Waals surface area contributed by atoms with Crippen LogP contribution in [0.3, 0.4) is 0 Å². The van der Waals surface area contributed by atoms with Crippen molar-refractivity contribution >= 4 is 62.3 Å². The van der Waals surface area contributed by atoms with Gasteiger partial charge in [0.2, 0.25) is 5.91 Å². The third-order valence-electron chi connectivity index (χ3n) is 3.75. The van der Waals surface area contributed by atoms with Crippen molar-refractivity contribution in [1.82, 2.24) is 9.55 Å². The van der Waals surface area contributed by atoms with Gasteiger partial charge in [0.1, 0.15) is 16.3 Å². The fourth-order valence-electron chi connectivity index (χ4n) is 2.54. The fourth-order valence-corrected chi connectivity index (χ4v) is 4.12. The molecule has 2 aromatic heterocycles. The van der Waals surface area contributed by atoms with Crippen molar-refractivity contribution in [2.75, 3.05) is 12.4 Å². The van der Waals surface area contributed by atoms with Crippen LogP contribution < -0.4 is 10.9 Å².